The summed E-state index contributed by atoms with van der Waals surface area (Å²) in [4.78, 5) is 0. The molecule has 0 amide bonds. The predicted molar refractivity (Wildman–Crippen MR) is 72.4 cm³/mol. The molecule has 4 N–H and O–H groups in total. The summed E-state index contributed by atoms with van der Waals surface area (Å²) in [5, 5.41) is 9.33. The van der Waals surface area contributed by atoms with Crippen LogP contribution in [0.3, 0.4) is 0 Å². The molecule has 0 aliphatic carbocycles. The van der Waals surface area contributed by atoms with Crippen LogP contribution >= 0.6 is 0 Å². The number of hydrogen-bond donors (Lipinski definition) is 3. The smallest absolute Gasteiger partial charge is 0.215 e. The number of aliphatic hydroxyl groups is 1. The minimum absolute atomic E-state index is 0.137. The van der Waals surface area contributed by atoms with Crippen molar-refractivity contribution in [2.24, 2.45) is 0 Å². The van der Waals surface area contributed by atoms with Gasteiger partial charge in [-0.25, -0.2) is 13.1 Å². The molecule has 0 saturated heterocycles. The normalized spacial score (nSPS) is 13.4. The van der Waals surface area contributed by atoms with Crippen molar-refractivity contribution in [1.82, 2.24) is 4.72 Å². The van der Waals surface area contributed by atoms with Crippen LogP contribution in [0.25, 0.3) is 0 Å². The van der Waals surface area contributed by atoms with Gasteiger partial charge in [0.25, 0.3) is 0 Å². The van der Waals surface area contributed by atoms with Crippen molar-refractivity contribution >= 4 is 15.7 Å². The lowest BCUT2D eigenvalue weighted by molar-refractivity contribution is 0.162. The van der Waals surface area contributed by atoms with Crippen LogP contribution in [-0.2, 0) is 15.8 Å². The highest BCUT2D eigenvalue weighted by Gasteiger charge is 2.13. The van der Waals surface area contributed by atoms with Crippen molar-refractivity contribution in [3.8, 4) is 0 Å². The number of benzene rings is 1. The third-order valence-corrected chi connectivity index (χ3v) is 4.01. The van der Waals surface area contributed by atoms with Gasteiger partial charge in [0, 0.05) is 12.2 Å². The lowest BCUT2D eigenvalue weighted by Gasteiger charge is -2.10. The molecule has 0 heterocycles. The Kier molecular flexibility index (Phi) is 5.58. The number of para-hydroxylation sites is 1. The van der Waals surface area contributed by atoms with E-state index in [0.717, 1.165) is 0 Å². The lowest BCUT2D eigenvalue weighted by Crippen LogP contribution is -2.28. The third-order valence-electron chi connectivity index (χ3n) is 2.67. The second kappa shape index (κ2) is 6.72. The first-order valence-corrected chi connectivity index (χ1v) is 7.58. The minimum atomic E-state index is -3.40. The molecule has 0 radical (unpaired) electrons. The Morgan fingerprint density at radius 3 is 2.67 bits per heavy atom. The van der Waals surface area contributed by atoms with Gasteiger partial charge in [-0.05, 0) is 24.5 Å². The molecule has 1 atom stereocenters. The molecule has 6 heteroatoms. The lowest BCUT2D eigenvalue weighted by atomic mass is 10.2. The Morgan fingerprint density at radius 2 is 2.06 bits per heavy atom. The van der Waals surface area contributed by atoms with E-state index < -0.39 is 16.1 Å². The van der Waals surface area contributed by atoms with Crippen LogP contribution in [0.15, 0.2) is 24.3 Å². The Hall–Kier alpha value is -1.11. The molecule has 0 aliphatic heterocycles. The van der Waals surface area contributed by atoms with E-state index in [1.807, 2.05) is 6.92 Å². The van der Waals surface area contributed by atoms with Crippen LogP contribution in [0.1, 0.15) is 25.3 Å². The van der Waals surface area contributed by atoms with Gasteiger partial charge in [0.05, 0.1) is 11.9 Å². The van der Waals surface area contributed by atoms with E-state index in [4.69, 9.17) is 5.73 Å². The molecule has 0 fully saturated rings. The van der Waals surface area contributed by atoms with Gasteiger partial charge >= 0.3 is 0 Å². The van der Waals surface area contributed by atoms with Crippen LogP contribution in [0.5, 0.6) is 0 Å². The number of aliphatic hydroxyl groups excluding tert-OH is 1. The molecular formula is C12H20N2O3S. The molecule has 1 unspecified atom stereocenters. The molecule has 1 aromatic carbocycles. The second-order valence-corrected chi connectivity index (χ2v) is 6.01. The highest BCUT2D eigenvalue weighted by molar-refractivity contribution is 7.88. The fraction of sp³-hybridized carbons (Fsp3) is 0.500. The first kappa shape index (κ1) is 14.9. The molecule has 18 heavy (non-hydrogen) atoms. The topological polar surface area (TPSA) is 92.4 Å². The summed E-state index contributed by atoms with van der Waals surface area (Å²) in [6, 6.07) is 6.87. The summed E-state index contributed by atoms with van der Waals surface area (Å²) in [7, 11) is -3.40. The average molecular weight is 272 g/mol. The minimum Gasteiger partial charge on any atom is -0.398 e. The Balaban J connectivity index is 2.53. The SMILES string of the molecule is CCC(O)CCNS(=O)(=O)Cc1ccccc1N. The maximum Gasteiger partial charge on any atom is 0.215 e. The predicted octanol–water partition coefficient (Wildman–Crippen LogP) is 0.849. The van der Waals surface area contributed by atoms with Crippen molar-refractivity contribution < 1.29 is 13.5 Å². The molecule has 1 aromatic rings. The van der Waals surface area contributed by atoms with Crippen molar-refractivity contribution in [3.63, 3.8) is 0 Å². The largest absolute Gasteiger partial charge is 0.398 e. The first-order valence-electron chi connectivity index (χ1n) is 5.93. The van der Waals surface area contributed by atoms with Crippen LogP contribution < -0.4 is 10.5 Å². The molecule has 5 nitrogen and oxygen atoms in total. The van der Waals surface area contributed by atoms with Gasteiger partial charge < -0.3 is 10.8 Å². The summed E-state index contributed by atoms with van der Waals surface area (Å²) in [6.07, 6.45) is 0.572. The van der Waals surface area contributed by atoms with Gasteiger partial charge in [-0.1, -0.05) is 25.1 Å². The standard InChI is InChI=1S/C12H20N2O3S/c1-2-11(15)7-8-14-18(16,17)9-10-5-3-4-6-12(10)13/h3-6,11,14-15H,2,7-9,13H2,1H3. The fourth-order valence-corrected chi connectivity index (χ4v) is 2.71. The Labute approximate surface area is 108 Å². The number of sulfonamides is 1. The molecule has 0 spiro atoms. The zero-order valence-electron chi connectivity index (χ0n) is 10.5. The zero-order chi connectivity index (χ0) is 13.6. The van der Waals surface area contributed by atoms with Crippen molar-refractivity contribution in [2.75, 3.05) is 12.3 Å². The summed E-state index contributed by atoms with van der Waals surface area (Å²) in [5.74, 6) is -0.137. The van der Waals surface area contributed by atoms with Crippen LogP contribution in [0.4, 0.5) is 5.69 Å². The Bertz CT molecular complexity index is 474. The van der Waals surface area contributed by atoms with Gasteiger partial charge in [0.15, 0.2) is 0 Å². The molecule has 0 saturated carbocycles. The highest BCUT2D eigenvalue weighted by atomic mass is 32.2. The first-order chi connectivity index (χ1) is 8.44. The average Bonchev–Trinajstić information content (AvgIpc) is 2.31. The van der Waals surface area contributed by atoms with E-state index in [1.54, 1.807) is 24.3 Å². The third kappa shape index (κ3) is 5.03. The summed E-state index contributed by atoms with van der Waals surface area (Å²) >= 11 is 0. The number of hydrogen-bond acceptors (Lipinski definition) is 4. The van der Waals surface area contributed by atoms with Gasteiger partial charge in [-0.2, -0.15) is 0 Å². The van der Waals surface area contributed by atoms with E-state index in [2.05, 4.69) is 4.72 Å². The van der Waals surface area contributed by atoms with E-state index in [1.165, 1.54) is 0 Å². The van der Waals surface area contributed by atoms with E-state index in [-0.39, 0.29) is 12.3 Å². The van der Waals surface area contributed by atoms with E-state index >= 15 is 0 Å². The monoisotopic (exact) mass is 272 g/mol. The van der Waals surface area contributed by atoms with Crippen molar-refractivity contribution in [3.05, 3.63) is 29.8 Å². The van der Waals surface area contributed by atoms with Crippen molar-refractivity contribution in [2.45, 2.75) is 31.6 Å². The van der Waals surface area contributed by atoms with E-state index in [9.17, 15) is 13.5 Å². The molecule has 1 rings (SSSR count). The van der Waals surface area contributed by atoms with Crippen LogP contribution in [0.2, 0.25) is 0 Å². The number of nitrogens with one attached hydrogen (secondary N) is 1. The Morgan fingerprint density at radius 1 is 1.39 bits per heavy atom. The maximum absolute atomic E-state index is 11.8. The van der Waals surface area contributed by atoms with Gasteiger partial charge in [0.2, 0.25) is 10.0 Å². The summed E-state index contributed by atoms with van der Waals surface area (Å²) in [5.41, 5.74) is 6.75. The highest BCUT2D eigenvalue weighted by Crippen LogP contribution is 2.13. The van der Waals surface area contributed by atoms with Crippen LogP contribution in [0, 0.1) is 0 Å². The fourth-order valence-electron chi connectivity index (χ4n) is 1.51. The van der Waals surface area contributed by atoms with Gasteiger partial charge in [0.1, 0.15) is 0 Å². The molecule has 0 aliphatic rings. The van der Waals surface area contributed by atoms with Crippen molar-refractivity contribution in [1.29, 1.82) is 0 Å². The number of nitrogens with two attached hydrogens (primary N) is 1. The zero-order valence-corrected chi connectivity index (χ0v) is 11.3. The second-order valence-electron chi connectivity index (χ2n) is 4.20. The quantitative estimate of drug-likeness (QED) is 0.642. The summed E-state index contributed by atoms with van der Waals surface area (Å²) in [6.45, 7) is 2.09. The number of anilines is 1. The molecular weight excluding hydrogens is 252 g/mol. The van der Waals surface area contributed by atoms with Gasteiger partial charge in [-0.15, -0.1) is 0 Å². The molecule has 102 valence electrons. The van der Waals surface area contributed by atoms with Gasteiger partial charge in [-0.3, -0.25) is 0 Å². The maximum atomic E-state index is 11.8. The number of nitrogen functional groups attached to an aromatic ring is 1. The molecule has 0 aromatic heterocycles. The number of rotatable bonds is 7. The summed E-state index contributed by atoms with van der Waals surface area (Å²) < 4.78 is 26.0. The van der Waals surface area contributed by atoms with Crippen LogP contribution in [-0.4, -0.2) is 26.2 Å². The molecule has 0 bridgehead atoms. The van der Waals surface area contributed by atoms with E-state index in [0.29, 0.717) is 24.1 Å².